The highest BCUT2D eigenvalue weighted by atomic mass is 32.2. The van der Waals surface area contributed by atoms with Crippen molar-refractivity contribution in [1.82, 2.24) is 5.32 Å². The first-order valence-electron chi connectivity index (χ1n) is 8.92. The number of allylic oxidation sites excluding steroid dienone is 2. The van der Waals surface area contributed by atoms with Crippen LogP contribution in [0.1, 0.15) is 50.5 Å². The molecule has 3 rings (SSSR count). The van der Waals surface area contributed by atoms with Crippen LogP contribution >= 0.6 is 0 Å². The lowest BCUT2D eigenvalue weighted by Crippen LogP contribution is -2.14. The summed E-state index contributed by atoms with van der Waals surface area (Å²) in [5, 5.41) is 3.47. The molecule has 0 atom stereocenters. The average molecular weight is 365 g/mol. The first kappa shape index (κ1) is 19.7. The summed E-state index contributed by atoms with van der Waals surface area (Å²) in [5.74, 6) is 0. The van der Waals surface area contributed by atoms with Crippen LogP contribution in [0.3, 0.4) is 0 Å². The fraction of sp³-hybridized carbons (Fsp3) is 0.526. The van der Waals surface area contributed by atoms with Crippen molar-refractivity contribution in [3.05, 3.63) is 47.7 Å². The molecule has 1 heterocycles. The molecule has 0 spiro atoms. The van der Waals surface area contributed by atoms with Gasteiger partial charge in [-0.2, -0.15) is 8.42 Å². The summed E-state index contributed by atoms with van der Waals surface area (Å²) in [5.41, 5.74) is 3.77. The highest BCUT2D eigenvalue weighted by Gasteiger charge is 2.14. The van der Waals surface area contributed by atoms with Crippen LogP contribution in [0, 0.1) is 0 Å². The van der Waals surface area contributed by atoms with Crippen LogP contribution in [0.2, 0.25) is 0 Å². The van der Waals surface area contributed by atoms with Crippen LogP contribution in [0.4, 0.5) is 0 Å². The zero-order valence-electron chi connectivity index (χ0n) is 14.8. The van der Waals surface area contributed by atoms with E-state index in [0.717, 1.165) is 13.0 Å². The lowest BCUT2D eigenvalue weighted by atomic mass is 9.95. The summed E-state index contributed by atoms with van der Waals surface area (Å²) in [6.07, 6.45) is 12.0. The number of nitrogens with zero attached hydrogens (tertiary/aromatic N) is 1. The second kappa shape index (κ2) is 9.73. The number of nitrogens with one attached hydrogen (secondary N) is 1. The molecule has 2 fully saturated rings. The summed E-state index contributed by atoms with van der Waals surface area (Å²) in [4.78, 5) is 5.07. The van der Waals surface area contributed by atoms with Crippen LogP contribution < -0.4 is 5.32 Å². The third kappa shape index (κ3) is 8.31. The van der Waals surface area contributed by atoms with Gasteiger partial charge in [0.25, 0.3) is 10.1 Å². The Bertz CT molecular complexity index is 675. The maximum atomic E-state index is 9.19. The largest absolute Gasteiger partial charge is 0.388 e. The second-order valence-electron chi connectivity index (χ2n) is 6.61. The lowest BCUT2D eigenvalue weighted by Gasteiger charge is -2.19. The van der Waals surface area contributed by atoms with Gasteiger partial charge in [-0.1, -0.05) is 49.6 Å². The molecular weight excluding hydrogens is 336 g/mol. The molecule has 1 aromatic carbocycles. The van der Waals surface area contributed by atoms with E-state index in [1.54, 1.807) is 0 Å². The molecule has 138 valence electrons. The molecule has 1 aliphatic heterocycles. The maximum Gasteiger partial charge on any atom is 0.261 e. The van der Waals surface area contributed by atoms with E-state index in [0.29, 0.717) is 12.3 Å². The van der Waals surface area contributed by atoms with E-state index in [2.05, 4.69) is 41.7 Å². The topological polar surface area (TPSA) is 78.8 Å². The van der Waals surface area contributed by atoms with E-state index < -0.39 is 10.1 Å². The van der Waals surface area contributed by atoms with Crippen molar-refractivity contribution in [3.63, 3.8) is 0 Å². The van der Waals surface area contributed by atoms with Crippen molar-refractivity contribution in [2.75, 3.05) is 12.8 Å². The molecule has 0 bridgehead atoms. The van der Waals surface area contributed by atoms with Crippen molar-refractivity contribution in [2.45, 2.75) is 51.0 Å². The van der Waals surface area contributed by atoms with Gasteiger partial charge in [0.2, 0.25) is 0 Å². The minimum atomic E-state index is -3.67. The van der Waals surface area contributed by atoms with Gasteiger partial charge in [-0.15, -0.1) is 0 Å². The summed E-state index contributed by atoms with van der Waals surface area (Å²) in [6.45, 7) is 1.11. The van der Waals surface area contributed by atoms with E-state index >= 15 is 0 Å². The maximum absolute atomic E-state index is 9.19. The zero-order chi connectivity index (χ0) is 18.1. The summed E-state index contributed by atoms with van der Waals surface area (Å²) < 4.78 is 25.9. The third-order valence-corrected chi connectivity index (χ3v) is 4.25. The van der Waals surface area contributed by atoms with Gasteiger partial charge < -0.3 is 5.32 Å². The summed E-state index contributed by atoms with van der Waals surface area (Å²) in [7, 11) is -3.67. The van der Waals surface area contributed by atoms with Crippen LogP contribution in [0.25, 0.3) is 0 Å². The van der Waals surface area contributed by atoms with Gasteiger partial charge in [0, 0.05) is 12.2 Å². The highest BCUT2D eigenvalue weighted by molar-refractivity contribution is 7.85. The van der Waals surface area contributed by atoms with Gasteiger partial charge in [-0.25, -0.2) is 0 Å². The first-order valence-corrected chi connectivity index (χ1v) is 10.8. The Kier molecular flexibility index (Phi) is 7.65. The van der Waals surface area contributed by atoms with E-state index in [4.69, 9.17) is 9.55 Å². The van der Waals surface area contributed by atoms with Gasteiger partial charge in [0.1, 0.15) is 0 Å². The number of hydrogen-bond donors (Lipinski definition) is 2. The van der Waals surface area contributed by atoms with Crippen LogP contribution in [0.5, 0.6) is 0 Å². The Morgan fingerprint density at radius 3 is 2.36 bits per heavy atom. The smallest absolute Gasteiger partial charge is 0.261 e. The molecule has 1 aromatic rings. The first-order chi connectivity index (χ1) is 11.9. The van der Waals surface area contributed by atoms with E-state index in [9.17, 15) is 8.42 Å². The predicted octanol–water partition coefficient (Wildman–Crippen LogP) is 3.58. The Morgan fingerprint density at radius 2 is 1.80 bits per heavy atom. The van der Waals surface area contributed by atoms with Gasteiger partial charge in [-0.05, 0) is 37.3 Å². The molecule has 2 aliphatic rings. The van der Waals surface area contributed by atoms with Crippen molar-refractivity contribution in [2.24, 2.45) is 4.99 Å². The molecule has 5 nitrogen and oxygen atoms in total. The molecule has 1 aliphatic carbocycles. The molecule has 0 radical (unpaired) electrons. The van der Waals surface area contributed by atoms with Crippen molar-refractivity contribution in [3.8, 4) is 0 Å². The Morgan fingerprint density at radius 1 is 1.16 bits per heavy atom. The fourth-order valence-corrected chi connectivity index (χ4v) is 3.12. The van der Waals surface area contributed by atoms with Crippen LogP contribution in [0.15, 0.2) is 47.1 Å². The Balaban J connectivity index is 0.000000399. The zero-order valence-corrected chi connectivity index (χ0v) is 15.6. The molecule has 25 heavy (non-hydrogen) atoms. The monoisotopic (exact) mass is 364 g/mol. The molecule has 2 N–H and O–H groups in total. The molecule has 0 aromatic heterocycles. The summed E-state index contributed by atoms with van der Waals surface area (Å²) >= 11 is 0. The van der Waals surface area contributed by atoms with E-state index in [1.807, 2.05) is 0 Å². The number of aliphatic imine (C=N–C) groups is 1. The molecule has 6 heteroatoms. The minimum Gasteiger partial charge on any atom is -0.388 e. The molecule has 0 amide bonds. The number of benzene rings is 1. The highest BCUT2D eigenvalue weighted by Crippen LogP contribution is 2.22. The Labute approximate surface area is 151 Å². The fourth-order valence-electron chi connectivity index (χ4n) is 3.12. The van der Waals surface area contributed by atoms with Gasteiger partial charge >= 0.3 is 0 Å². The standard InChI is InChI=1S/C18H24N2.CH4O3S/c1-3-8-15(9-4-1)18(14-17-12-7-13-19-17)20-16-10-5-2-6-11-16;1-5(2,3)4/h1,3-4,8-9,14,16,19H,2,5-7,10-13H2;1H3,(H,2,3,4). The minimum absolute atomic E-state index is 0.525. The molecular formula is C19H28N2O3S. The molecule has 0 unspecified atom stereocenters. The number of hydrogen-bond acceptors (Lipinski definition) is 4. The van der Waals surface area contributed by atoms with Crippen LogP contribution in [-0.4, -0.2) is 37.5 Å². The quantitative estimate of drug-likeness (QED) is 0.635. The van der Waals surface area contributed by atoms with Crippen molar-refractivity contribution < 1.29 is 13.0 Å². The number of rotatable bonds is 3. The summed E-state index contributed by atoms with van der Waals surface area (Å²) in [6, 6.07) is 11.2. The Hall–Kier alpha value is -1.66. The van der Waals surface area contributed by atoms with Crippen LogP contribution in [-0.2, 0) is 10.1 Å². The van der Waals surface area contributed by atoms with Crippen molar-refractivity contribution >= 4 is 15.8 Å². The van der Waals surface area contributed by atoms with E-state index in [1.165, 1.54) is 55.5 Å². The molecule has 1 saturated heterocycles. The SMILES string of the molecule is C(=C1CCCN1)C(=NC1CCCCC1)c1ccccc1.CS(=O)(=O)O. The van der Waals surface area contributed by atoms with Gasteiger partial charge in [0.15, 0.2) is 0 Å². The average Bonchev–Trinajstić information content (AvgIpc) is 3.08. The normalized spacial score (nSPS) is 20.7. The molecule has 1 saturated carbocycles. The lowest BCUT2D eigenvalue weighted by molar-refractivity contribution is 0.444. The van der Waals surface area contributed by atoms with Crippen molar-refractivity contribution in [1.29, 1.82) is 0 Å². The third-order valence-electron chi connectivity index (χ3n) is 4.25. The van der Waals surface area contributed by atoms with Gasteiger partial charge in [-0.3, -0.25) is 9.55 Å². The predicted molar refractivity (Wildman–Crippen MR) is 103 cm³/mol. The van der Waals surface area contributed by atoms with Gasteiger partial charge in [0.05, 0.1) is 18.0 Å². The van der Waals surface area contributed by atoms with E-state index in [-0.39, 0.29) is 0 Å². The second-order valence-corrected chi connectivity index (χ2v) is 8.07.